The Morgan fingerprint density at radius 3 is 2.46 bits per heavy atom. The molecule has 0 aromatic heterocycles. The molecule has 4 amide bonds. The molecule has 12 nitrogen and oxygen atoms in total. The summed E-state index contributed by atoms with van der Waals surface area (Å²) >= 11 is 0. The summed E-state index contributed by atoms with van der Waals surface area (Å²) < 4.78 is 35.3. The van der Waals surface area contributed by atoms with E-state index in [1.807, 2.05) is 0 Å². The van der Waals surface area contributed by atoms with Crippen LogP contribution in [0.2, 0.25) is 0 Å². The molecule has 0 saturated carbocycles. The number of nitrogens with zero attached hydrogens (tertiary/aromatic N) is 2. The van der Waals surface area contributed by atoms with Gasteiger partial charge in [-0.15, -0.1) is 4.28 Å². The molecule has 26 heavy (non-hydrogen) atoms. The lowest BCUT2D eigenvalue weighted by molar-refractivity contribution is -0.134. The SMILES string of the molecule is CC1(C)CC(C(=O)NNC(=O)C2CCN2)N2CC1N(OS(=O)(=O)O)C2=O. The quantitative estimate of drug-likeness (QED) is 0.321. The van der Waals surface area contributed by atoms with Crippen molar-refractivity contribution < 1.29 is 31.6 Å². The number of fused-ring (bicyclic) bond motifs is 2. The number of hydrogen-bond acceptors (Lipinski definition) is 7. The summed E-state index contributed by atoms with van der Waals surface area (Å²) in [6, 6.07) is -2.77. The van der Waals surface area contributed by atoms with Gasteiger partial charge in [0.1, 0.15) is 6.04 Å². The minimum absolute atomic E-state index is 0.0531. The summed E-state index contributed by atoms with van der Waals surface area (Å²) in [6.45, 7) is 4.30. The van der Waals surface area contributed by atoms with Gasteiger partial charge in [0.15, 0.2) is 0 Å². The smallest absolute Gasteiger partial charge is 0.309 e. The van der Waals surface area contributed by atoms with E-state index in [1.54, 1.807) is 13.8 Å². The Hall–Kier alpha value is -1.96. The highest BCUT2D eigenvalue weighted by molar-refractivity contribution is 7.80. The van der Waals surface area contributed by atoms with E-state index < -0.39 is 39.8 Å². The Morgan fingerprint density at radius 2 is 1.92 bits per heavy atom. The van der Waals surface area contributed by atoms with Crippen LogP contribution in [0.3, 0.4) is 0 Å². The summed E-state index contributed by atoms with van der Waals surface area (Å²) in [6.07, 6.45) is 0.893. The first-order valence-electron chi connectivity index (χ1n) is 8.09. The second-order valence-electron chi connectivity index (χ2n) is 7.26. The number of rotatable bonds is 4. The van der Waals surface area contributed by atoms with Gasteiger partial charge in [-0.25, -0.2) is 4.79 Å². The van der Waals surface area contributed by atoms with Gasteiger partial charge in [0, 0.05) is 6.54 Å². The van der Waals surface area contributed by atoms with Gasteiger partial charge < -0.3 is 10.2 Å². The van der Waals surface area contributed by atoms with E-state index in [-0.39, 0.29) is 24.9 Å². The molecule has 4 N–H and O–H groups in total. The number of hydrazine groups is 1. The van der Waals surface area contributed by atoms with Crippen molar-refractivity contribution in [2.24, 2.45) is 5.41 Å². The normalized spacial score (nSPS) is 30.0. The van der Waals surface area contributed by atoms with Gasteiger partial charge >= 0.3 is 16.4 Å². The molecule has 3 atom stereocenters. The van der Waals surface area contributed by atoms with Gasteiger partial charge in [-0.05, 0) is 24.8 Å². The van der Waals surface area contributed by atoms with Crippen LogP contribution in [0.25, 0.3) is 0 Å². The Labute approximate surface area is 150 Å². The Kier molecular flexibility index (Phi) is 4.58. The lowest BCUT2D eigenvalue weighted by atomic mass is 9.76. The van der Waals surface area contributed by atoms with E-state index >= 15 is 0 Å². The van der Waals surface area contributed by atoms with Crippen molar-refractivity contribution in [3.63, 3.8) is 0 Å². The highest BCUT2D eigenvalue weighted by atomic mass is 32.3. The van der Waals surface area contributed by atoms with Crippen LogP contribution in [0.4, 0.5) is 4.79 Å². The zero-order chi connectivity index (χ0) is 19.3. The van der Waals surface area contributed by atoms with Crippen molar-refractivity contribution in [1.82, 2.24) is 26.1 Å². The maximum atomic E-state index is 12.5. The topological polar surface area (TPSA) is 157 Å². The fourth-order valence-corrected chi connectivity index (χ4v) is 3.76. The molecule has 3 aliphatic rings. The maximum absolute atomic E-state index is 12.5. The second-order valence-corrected chi connectivity index (χ2v) is 8.27. The molecule has 0 aliphatic carbocycles. The first-order valence-corrected chi connectivity index (χ1v) is 9.46. The molecule has 146 valence electrons. The van der Waals surface area contributed by atoms with Crippen molar-refractivity contribution in [2.45, 2.75) is 44.8 Å². The van der Waals surface area contributed by atoms with E-state index in [1.165, 1.54) is 0 Å². The van der Waals surface area contributed by atoms with Crippen LogP contribution >= 0.6 is 0 Å². The van der Waals surface area contributed by atoms with Crippen molar-refractivity contribution in [1.29, 1.82) is 0 Å². The van der Waals surface area contributed by atoms with Gasteiger partial charge in [-0.1, -0.05) is 13.8 Å². The number of hydrogen-bond donors (Lipinski definition) is 4. The summed E-state index contributed by atoms with van der Waals surface area (Å²) in [4.78, 5) is 37.9. The molecule has 0 aromatic carbocycles. The third-order valence-electron chi connectivity index (χ3n) is 5.01. The summed E-state index contributed by atoms with van der Waals surface area (Å²) in [5.41, 5.74) is 3.95. The minimum atomic E-state index is -4.88. The minimum Gasteiger partial charge on any atom is -0.309 e. The average Bonchev–Trinajstić information content (AvgIpc) is 2.73. The van der Waals surface area contributed by atoms with Crippen molar-refractivity contribution in [3.05, 3.63) is 0 Å². The highest BCUT2D eigenvalue weighted by Crippen LogP contribution is 2.42. The molecular formula is C13H21N5O7S. The van der Waals surface area contributed by atoms with E-state index in [0.29, 0.717) is 11.5 Å². The van der Waals surface area contributed by atoms with Crippen LogP contribution in [0.1, 0.15) is 26.7 Å². The van der Waals surface area contributed by atoms with Gasteiger partial charge in [0.2, 0.25) is 0 Å². The lowest BCUT2D eigenvalue weighted by Crippen LogP contribution is -2.60. The average molecular weight is 391 g/mol. The van der Waals surface area contributed by atoms with Gasteiger partial charge in [-0.3, -0.25) is 25.0 Å². The van der Waals surface area contributed by atoms with Crippen molar-refractivity contribution in [3.8, 4) is 0 Å². The Balaban J connectivity index is 1.70. The van der Waals surface area contributed by atoms with Crippen LogP contribution in [-0.2, 0) is 24.3 Å². The third-order valence-corrected chi connectivity index (χ3v) is 5.36. The molecule has 0 spiro atoms. The number of piperidine rings is 1. The van der Waals surface area contributed by atoms with Crippen LogP contribution < -0.4 is 16.2 Å². The standard InChI is InChI=1S/C13H21N5O7S/c1-13(2)5-8(11(20)16-15-10(19)7-3-4-14-7)17-6-9(13)18(12(17)21)25-26(22,23)24/h7-9,14H,3-6H2,1-2H3,(H,15,19)(H,16,20)(H,22,23,24). The number of hydroxylamine groups is 2. The molecule has 3 rings (SSSR count). The number of urea groups is 1. The molecule has 13 heteroatoms. The van der Waals surface area contributed by atoms with E-state index in [2.05, 4.69) is 20.5 Å². The van der Waals surface area contributed by atoms with Crippen LogP contribution in [0.5, 0.6) is 0 Å². The Bertz CT molecular complexity index is 735. The van der Waals surface area contributed by atoms with Gasteiger partial charge in [0.05, 0.1) is 12.1 Å². The van der Waals surface area contributed by atoms with Gasteiger partial charge in [0.25, 0.3) is 11.8 Å². The zero-order valence-corrected chi connectivity index (χ0v) is 15.1. The van der Waals surface area contributed by atoms with E-state index in [9.17, 15) is 22.8 Å². The van der Waals surface area contributed by atoms with Crippen LogP contribution in [-0.4, -0.2) is 72.0 Å². The van der Waals surface area contributed by atoms with Crippen molar-refractivity contribution in [2.75, 3.05) is 13.1 Å². The van der Waals surface area contributed by atoms with Crippen molar-refractivity contribution >= 4 is 28.2 Å². The number of carbonyl (C=O) groups is 3. The predicted molar refractivity (Wildman–Crippen MR) is 85.2 cm³/mol. The van der Waals surface area contributed by atoms with Crippen LogP contribution in [0, 0.1) is 5.41 Å². The summed E-state index contributed by atoms with van der Waals surface area (Å²) in [5, 5.41) is 3.47. The summed E-state index contributed by atoms with van der Waals surface area (Å²) in [5.74, 6) is -0.965. The monoisotopic (exact) mass is 391 g/mol. The molecule has 3 unspecified atom stereocenters. The van der Waals surface area contributed by atoms with Crippen LogP contribution in [0.15, 0.2) is 0 Å². The molecule has 3 heterocycles. The number of amides is 4. The predicted octanol–water partition coefficient (Wildman–Crippen LogP) is -1.87. The first kappa shape index (κ1) is 18.8. The molecule has 0 radical (unpaired) electrons. The number of nitrogens with one attached hydrogen (secondary N) is 3. The summed E-state index contributed by atoms with van der Waals surface area (Å²) in [7, 11) is -4.88. The molecule has 3 saturated heterocycles. The van der Waals surface area contributed by atoms with E-state index in [4.69, 9.17) is 4.55 Å². The largest absolute Gasteiger partial charge is 0.418 e. The van der Waals surface area contributed by atoms with Gasteiger partial charge in [-0.2, -0.15) is 13.5 Å². The maximum Gasteiger partial charge on any atom is 0.418 e. The molecule has 0 aromatic rings. The van der Waals surface area contributed by atoms with E-state index in [0.717, 1.165) is 11.4 Å². The second kappa shape index (κ2) is 6.33. The fraction of sp³-hybridized carbons (Fsp3) is 0.769. The lowest BCUT2D eigenvalue weighted by Gasteiger charge is -2.40. The third kappa shape index (κ3) is 3.47. The molecule has 3 fully saturated rings. The first-order chi connectivity index (χ1) is 12.0. The Morgan fingerprint density at radius 1 is 1.31 bits per heavy atom. The molecule has 3 aliphatic heterocycles. The number of carbonyl (C=O) groups excluding carboxylic acids is 3. The zero-order valence-electron chi connectivity index (χ0n) is 14.3. The molecular weight excluding hydrogens is 370 g/mol. The molecule has 2 bridgehead atoms. The fourth-order valence-electron chi connectivity index (χ4n) is 3.39. The highest BCUT2D eigenvalue weighted by Gasteiger charge is 2.56.